The van der Waals surface area contributed by atoms with Crippen LogP contribution in [-0.2, 0) is 4.79 Å². The molecule has 1 heterocycles. The molecule has 0 spiro atoms. The van der Waals surface area contributed by atoms with Gasteiger partial charge in [0.1, 0.15) is 0 Å². The molecule has 2 N–H and O–H groups in total. The van der Waals surface area contributed by atoms with E-state index in [2.05, 4.69) is 0 Å². The van der Waals surface area contributed by atoms with Crippen molar-refractivity contribution in [3.05, 3.63) is 35.9 Å². The highest BCUT2D eigenvalue weighted by molar-refractivity contribution is 5.94. The van der Waals surface area contributed by atoms with Crippen molar-refractivity contribution < 1.29 is 9.59 Å². The molecule has 1 aromatic carbocycles. The molecule has 2 unspecified atom stereocenters. The molecule has 27 heavy (non-hydrogen) atoms. The van der Waals surface area contributed by atoms with Crippen molar-refractivity contribution in [2.75, 3.05) is 20.1 Å². The molecule has 0 bridgehead atoms. The van der Waals surface area contributed by atoms with E-state index in [9.17, 15) is 9.59 Å². The lowest BCUT2D eigenvalue weighted by Gasteiger charge is -2.42. The summed E-state index contributed by atoms with van der Waals surface area (Å²) in [5.74, 6) is 0.188. The number of likely N-dealkylation sites (tertiary alicyclic amines) is 1. The topological polar surface area (TPSA) is 66.6 Å². The Morgan fingerprint density at radius 1 is 1.11 bits per heavy atom. The maximum absolute atomic E-state index is 13.0. The first-order valence-electron chi connectivity index (χ1n) is 9.80. The van der Waals surface area contributed by atoms with E-state index >= 15 is 0 Å². The fourth-order valence-corrected chi connectivity index (χ4v) is 4.41. The largest absolute Gasteiger partial charge is 0.342 e. The van der Waals surface area contributed by atoms with E-state index < -0.39 is 5.54 Å². The van der Waals surface area contributed by atoms with Crippen LogP contribution >= 0.6 is 12.4 Å². The number of amides is 2. The average Bonchev–Trinajstić information content (AvgIpc) is 2.67. The van der Waals surface area contributed by atoms with Gasteiger partial charge in [-0.2, -0.15) is 0 Å². The van der Waals surface area contributed by atoms with Gasteiger partial charge in [-0.3, -0.25) is 9.59 Å². The van der Waals surface area contributed by atoms with Crippen molar-refractivity contribution in [1.82, 2.24) is 9.80 Å². The van der Waals surface area contributed by atoms with E-state index in [1.54, 1.807) is 0 Å². The second-order valence-corrected chi connectivity index (χ2v) is 8.14. The van der Waals surface area contributed by atoms with Crippen LogP contribution in [0.2, 0.25) is 0 Å². The summed E-state index contributed by atoms with van der Waals surface area (Å²) in [7, 11) is 1.91. The summed E-state index contributed by atoms with van der Waals surface area (Å²) in [4.78, 5) is 29.4. The molecular formula is C21H32ClN3O2. The van der Waals surface area contributed by atoms with E-state index in [0.717, 1.165) is 44.1 Å². The van der Waals surface area contributed by atoms with Crippen molar-refractivity contribution >= 4 is 24.2 Å². The minimum Gasteiger partial charge on any atom is -0.342 e. The summed E-state index contributed by atoms with van der Waals surface area (Å²) >= 11 is 0. The molecule has 3 rings (SSSR count). The Morgan fingerprint density at radius 3 is 2.33 bits per heavy atom. The molecule has 1 aliphatic heterocycles. The van der Waals surface area contributed by atoms with Gasteiger partial charge >= 0.3 is 0 Å². The molecule has 5 nitrogen and oxygen atoms in total. The van der Waals surface area contributed by atoms with Crippen LogP contribution in [0.3, 0.4) is 0 Å². The zero-order valence-electron chi connectivity index (χ0n) is 16.4. The molecule has 0 aromatic heterocycles. The lowest BCUT2D eigenvalue weighted by molar-refractivity contribution is -0.140. The minimum atomic E-state index is -0.395. The first kappa shape index (κ1) is 21.7. The summed E-state index contributed by atoms with van der Waals surface area (Å²) < 4.78 is 0. The number of rotatable bonds is 3. The predicted molar refractivity (Wildman–Crippen MR) is 110 cm³/mol. The summed E-state index contributed by atoms with van der Waals surface area (Å²) in [5, 5.41) is 0. The fraction of sp³-hybridized carbons (Fsp3) is 0.619. The van der Waals surface area contributed by atoms with Crippen molar-refractivity contribution in [1.29, 1.82) is 0 Å². The highest BCUT2D eigenvalue weighted by Gasteiger charge is 2.40. The summed E-state index contributed by atoms with van der Waals surface area (Å²) in [6.07, 6.45) is 5.66. The number of carbonyl (C=O) groups is 2. The molecular weight excluding hydrogens is 362 g/mol. The first-order chi connectivity index (χ1) is 12.4. The number of hydrogen-bond acceptors (Lipinski definition) is 3. The van der Waals surface area contributed by atoms with Gasteiger partial charge in [-0.25, -0.2) is 0 Å². The molecule has 0 radical (unpaired) electrons. The van der Waals surface area contributed by atoms with Gasteiger partial charge in [-0.15, -0.1) is 12.4 Å². The zero-order valence-corrected chi connectivity index (χ0v) is 17.2. The smallest absolute Gasteiger partial charge is 0.253 e. The van der Waals surface area contributed by atoms with Gasteiger partial charge < -0.3 is 15.5 Å². The van der Waals surface area contributed by atoms with Crippen LogP contribution in [0.25, 0.3) is 0 Å². The second kappa shape index (κ2) is 9.07. The lowest BCUT2D eigenvalue weighted by atomic mass is 9.74. The molecule has 1 saturated heterocycles. The van der Waals surface area contributed by atoms with E-state index in [4.69, 9.17) is 5.73 Å². The molecule has 2 atom stereocenters. The Bertz CT molecular complexity index is 642. The molecule has 1 saturated carbocycles. The number of nitrogens with two attached hydrogens (primary N) is 1. The van der Waals surface area contributed by atoms with Crippen LogP contribution < -0.4 is 5.73 Å². The summed E-state index contributed by atoms with van der Waals surface area (Å²) in [5.41, 5.74) is 6.75. The minimum absolute atomic E-state index is 0. The van der Waals surface area contributed by atoms with E-state index in [1.807, 2.05) is 54.1 Å². The second-order valence-electron chi connectivity index (χ2n) is 8.14. The standard InChI is InChI=1S/C21H31N3O2.ClH/c1-21(22)13-7-6-10-18(21)20(26)23(2)17-11-14-24(15-12-17)19(25)16-8-4-3-5-9-16;/h3-5,8-9,17-18H,6-7,10-15,22H2,1-2H3;1H. The monoisotopic (exact) mass is 393 g/mol. The van der Waals surface area contributed by atoms with Gasteiger partial charge in [0.05, 0.1) is 5.92 Å². The van der Waals surface area contributed by atoms with Gasteiger partial charge in [-0.05, 0) is 44.7 Å². The van der Waals surface area contributed by atoms with E-state index in [-0.39, 0.29) is 36.2 Å². The van der Waals surface area contributed by atoms with Gasteiger partial charge in [0.25, 0.3) is 5.91 Å². The Labute approximate surface area is 168 Å². The molecule has 6 heteroatoms. The lowest BCUT2D eigenvalue weighted by Crippen LogP contribution is -2.56. The van der Waals surface area contributed by atoms with Gasteiger partial charge in [-0.1, -0.05) is 31.0 Å². The van der Waals surface area contributed by atoms with E-state index in [0.29, 0.717) is 13.1 Å². The van der Waals surface area contributed by atoms with Crippen LogP contribution in [0.1, 0.15) is 55.8 Å². The molecule has 150 valence electrons. The van der Waals surface area contributed by atoms with Crippen molar-refractivity contribution in [2.45, 2.75) is 57.0 Å². The molecule has 2 amide bonds. The number of nitrogens with zero attached hydrogens (tertiary/aromatic N) is 2. The van der Waals surface area contributed by atoms with Crippen molar-refractivity contribution in [2.24, 2.45) is 11.7 Å². The highest BCUT2D eigenvalue weighted by Crippen LogP contribution is 2.33. The Balaban J connectivity index is 0.00000261. The molecule has 1 aliphatic carbocycles. The maximum atomic E-state index is 13.0. The molecule has 1 aromatic rings. The van der Waals surface area contributed by atoms with Crippen LogP contribution in [0, 0.1) is 5.92 Å². The zero-order chi connectivity index (χ0) is 18.7. The number of halogens is 1. The van der Waals surface area contributed by atoms with Gasteiger partial charge in [0.15, 0.2) is 0 Å². The number of carbonyl (C=O) groups excluding carboxylic acids is 2. The van der Waals surface area contributed by atoms with E-state index in [1.165, 1.54) is 0 Å². The normalized spacial score (nSPS) is 26.2. The van der Waals surface area contributed by atoms with Crippen LogP contribution in [0.15, 0.2) is 30.3 Å². The molecule has 2 fully saturated rings. The summed E-state index contributed by atoms with van der Waals surface area (Å²) in [6.45, 7) is 3.41. The number of benzene rings is 1. The van der Waals surface area contributed by atoms with Gasteiger partial charge in [0.2, 0.25) is 5.91 Å². The number of hydrogen-bond donors (Lipinski definition) is 1. The SMILES string of the molecule is CN(C(=O)C1CCCCC1(C)N)C1CCN(C(=O)c2ccccc2)CC1.Cl. The summed E-state index contributed by atoms with van der Waals surface area (Å²) in [6, 6.07) is 9.60. The molecule has 2 aliphatic rings. The fourth-order valence-electron chi connectivity index (χ4n) is 4.41. The van der Waals surface area contributed by atoms with Crippen LogP contribution in [0.5, 0.6) is 0 Å². The third-order valence-corrected chi connectivity index (χ3v) is 6.22. The Hall–Kier alpha value is -1.59. The Morgan fingerprint density at radius 2 is 1.74 bits per heavy atom. The van der Waals surface area contributed by atoms with Crippen LogP contribution in [-0.4, -0.2) is 53.3 Å². The average molecular weight is 394 g/mol. The van der Waals surface area contributed by atoms with Crippen molar-refractivity contribution in [3.8, 4) is 0 Å². The highest BCUT2D eigenvalue weighted by atomic mass is 35.5. The van der Waals surface area contributed by atoms with Crippen molar-refractivity contribution in [3.63, 3.8) is 0 Å². The number of piperidine rings is 1. The Kier molecular flexibility index (Phi) is 7.29. The first-order valence-corrected chi connectivity index (χ1v) is 9.80. The third kappa shape index (κ3) is 4.82. The predicted octanol–water partition coefficient (Wildman–Crippen LogP) is 3.08. The van der Waals surface area contributed by atoms with Crippen LogP contribution in [0.4, 0.5) is 0 Å². The quantitative estimate of drug-likeness (QED) is 0.858. The maximum Gasteiger partial charge on any atom is 0.253 e. The third-order valence-electron chi connectivity index (χ3n) is 6.22. The van der Waals surface area contributed by atoms with Gasteiger partial charge in [0, 0.05) is 37.3 Å².